The van der Waals surface area contributed by atoms with Gasteiger partial charge in [-0.2, -0.15) is 0 Å². The van der Waals surface area contributed by atoms with Gasteiger partial charge in [0, 0.05) is 0 Å². The third kappa shape index (κ3) is 2.02. The van der Waals surface area contributed by atoms with E-state index in [-0.39, 0.29) is 11.2 Å². The Balaban J connectivity index is 2.35. The van der Waals surface area contributed by atoms with E-state index in [2.05, 4.69) is 0 Å². The minimum absolute atomic E-state index is 0.240. The third-order valence-electron chi connectivity index (χ3n) is 3.44. The number of hydrogen-bond donors (Lipinski definition) is 0. The largest absolute Gasteiger partial charge is 0.493 e. The van der Waals surface area contributed by atoms with Crippen LogP contribution in [-0.4, -0.2) is 19.5 Å². The van der Waals surface area contributed by atoms with Gasteiger partial charge in [-0.05, 0) is 44.4 Å². The van der Waals surface area contributed by atoms with Gasteiger partial charge >= 0.3 is 0 Å². The molecule has 0 aliphatic heterocycles. The molecule has 3 nitrogen and oxygen atoms in total. The topological polar surface area (TPSA) is 35.5 Å². The van der Waals surface area contributed by atoms with Crippen LogP contribution in [0.2, 0.25) is 0 Å². The summed E-state index contributed by atoms with van der Waals surface area (Å²) >= 11 is 0. The highest BCUT2D eigenvalue weighted by Crippen LogP contribution is 2.50. The van der Waals surface area contributed by atoms with Crippen molar-refractivity contribution in [3.8, 4) is 11.5 Å². The molecule has 0 bridgehead atoms. The summed E-state index contributed by atoms with van der Waals surface area (Å²) in [5.74, 6) is 1.68. The second-order valence-electron chi connectivity index (χ2n) is 4.44. The first-order valence-corrected chi connectivity index (χ1v) is 5.96. The van der Waals surface area contributed by atoms with Gasteiger partial charge in [0.25, 0.3) is 0 Å². The molecule has 0 heterocycles. The summed E-state index contributed by atoms with van der Waals surface area (Å²) in [6.45, 7) is 4.20. The van der Waals surface area contributed by atoms with E-state index < -0.39 is 0 Å². The van der Waals surface area contributed by atoms with Gasteiger partial charge in [0.15, 0.2) is 11.5 Å². The maximum absolute atomic E-state index is 11.7. The van der Waals surface area contributed by atoms with Crippen LogP contribution < -0.4 is 9.47 Å². The van der Waals surface area contributed by atoms with Gasteiger partial charge < -0.3 is 9.47 Å². The summed E-state index contributed by atoms with van der Waals surface area (Å²) in [6.07, 6.45) is 1.89. The lowest BCUT2D eigenvalue weighted by Crippen LogP contribution is -2.16. The summed E-state index contributed by atoms with van der Waals surface area (Å²) in [6, 6.07) is 5.79. The first-order valence-electron chi connectivity index (χ1n) is 5.96. The zero-order chi connectivity index (χ0) is 12.5. The molecule has 0 saturated heterocycles. The first kappa shape index (κ1) is 12.0. The second-order valence-corrected chi connectivity index (χ2v) is 4.44. The zero-order valence-corrected chi connectivity index (χ0v) is 10.6. The van der Waals surface area contributed by atoms with Crippen molar-refractivity contribution in [2.75, 3.05) is 13.7 Å². The van der Waals surface area contributed by atoms with Crippen LogP contribution in [0.15, 0.2) is 18.2 Å². The van der Waals surface area contributed by atoms with Crippen molar-refractivity contribution < 1.29 is 14.3 Å². The average molecular weight is 234 g/mol. The Morgan fingerprint density at radius 3 is 2.53 bits per heavy atom. The predicted molar refractivity (Wildman–Crippen MR) is 65.8 cm³/mol. The SMILES string of the molecule is CCOc1ccc(C2(C(C)=O)CC2)cc1OC. The molecule has 0 N–H and O–H groups in total. The van der Waals surface area contributed by atoms with E-state index in [4.69, 9.17) is 9.47 Å². The highest BCUT2D eigenvalue weighted by atomic mass is 16.5. The number of Topliss-reactive ketones (excluding diaryl/α,β-unsaturated/α-hetero) is 1. The quantitative estimate of drug-likeness (QED) is 0.785. The lowest BCUT2D eigenvalue weighted by Gasteiger charge is -2.15. The van der Waals surface area contributed by atoms with Gasteiger partial charge in [-0.25, -0.2) is 0 Å². The number of rotatable bonds is 5. The molecular weight excluding hydrogens is 216 g/mol. The Morgan fingerprint density at radius 1 is 1.35 bits per heavy atom. The maximum atomic E-state index is 11.7. The fraction of sp³-hybridized carbons (Fsp3) is 0.500. The van der Waals surface area contributed by atoms with Crippen molar-refractivity contribution in [2.24, 2.45) is 0 Å². The van der Waals surface area contributed by atoms with Crippen molar-refractivity contribution in [3.05, 3.63) is 23.8 Å². The highest BCUT2D eigenvalue weighted by molar-refractivity contribution is 5.91. The first-order chi connectivity index (χ1) is 8.14. The molecule has 0 amide bonds. The molecule has 1 aliphatic rings. The number of carbonyl (C=O) groups excluding carboxylic acids is 1. The molecule has 17 heavy (non-hydrogen) atoms. The van der Waals surface area contributed by atoms with Crippen LogP contribution in [0.5, 0.6) is 11.5 Å². The third-order valence-corrected chi connectivity index (χ3v) is 3.44. The lowest BCUT2D eigenvalue weighted by molar-refractivity contribution is -0.119. The number of ether oxygens (including phenoxy) is 2. The molecule has 0 atom stereocenters. The van der Waals surface area contributed by atoms with Crippen LogP contribution in [0.3, 0.4) is 0 Å². The fourth-order valence-corrected chi connectivity index (χ4v) is 2.21. The van der Waals surface area contributed by atoms with E-state index in [1.54, 1.807) is 14.0 Å². The van der Waals surface area contributed by atoms with Crippen molar-refractivity contribution in [1.82, 2.24) is 0 Å². The minimum Gasteiger partial charge on any atom is -0.493 e. The normalized spacial score (nSPS) is 16.4. The number of ketones is 1. The zero-order valence-electron chi connectivity index (χ0n) is 10.6. The van der Waals surface area contributed by atoms with E-state index in [1.165, 1.54) is 0 Å². The van der Waals surface area contributed by atoms with Crippen molar-refractivity contribution in [3.63, 3.8) is 0 Å². The van der Waals surface area contributed by atoms with Gasteiger partial charge in [0.2, 0.25) is 0 Å². The Hall–Kier alpha value is -1.51. The lowest BCUT2D eigenvalue weighted by atomic mass is 9.92. The van der Waals surface area contributed by atoms with Crippen LogP contribution in [0.1, 0.15) is 32.3 Å². The summed E-state index contributed by atoms with van der Waals surface area (Å²) < 4.78 is 10.8. The van der Waals surface area contributed by atoms with Crippen molar-refractivity contribution in [1.29, 1.82) is 0 Å². The Morgan fingerprint density at radius 2 is 2.06 bits per heavy atom. The molecule has 3 heteroatoms. The summed E-state index contributed by atoms with van der Waals surface area (Å²) in [7, 11) is 1.62. The maximum Gasteiger partial charge on any atom is 0.161 e. The molecular formula is C14H18O3. The highest BCUT2D eigenvalue weighted by Gasteiger charge is 2.48. The number of carbonyl (C=O) groups is 1. The molecule has 0 aromatic heterocycles. The van der Waals surface area contributed by atoms with E-state index in [9.17, 15) is 4.79 Å². The van der Waals surface area contributed by atoms with E-state index in [1.807, 2.05) is 25.1 Å². The molecule has 92 valence electrons. The summed E-state index contributed by atoms with van der Waals surface area (Å²) in [5, 5.41) is 0. The molecule has 1 aliphatic carbocycles. The molecule has 0 unspecified atom stereocenters. The Labute approximate surface area is 102 Å². The van der Waals surface area contributed by atoms with E-state index >= 15 is 0 Å². The van der Waals surface area contributed by atoms with Crippen LogP contribution in [0, 0.1) is 0 Å². The molecule has 1 aromatic rings. The summed E-state index contributed by atoms with van der Waals surface area (Å²) in [4.78, 5) is 11.7. The second kappa shape index (κ2) is 4.40. The van der Waals surface area contributed by atoms with Crippen LogP contribution in [-0.2, 0) is 10.2 Å². The average Bonchev–Trinajstić information content (AvgIpc) is 3.11. The van der Waals surface area contributed by atoms with Crippen LogP contribution in [0.4, 0.5) is 0 Å². The predicted octanol–water partition coefficient (Wildman–Crippen LogP) is 2.71. The molecule has 0 spiro atoms. The smallest absolute Gasteiger partial charge is 0.161 e. The fourth-order valence-electron chi connectivity index (χ4n) is 2.21. The van der Waals surface area contributed by atoms with Gasteiger partial charge in [0.1, 0.15) is 5.78 Å². The monoisotopic (exact) mass is 234 g/mol. The van der Waals surface area contributed by atoms with Crippen molar-refractivity contribution in [2.45, 2.75) is 32.1 Å². The molecule has 2 rings (SSSR count). The Kier molecular flexibility index (Phi) is 3.09. The van der Waals surface area contributed by atoms with Gasteiger partial charge in [-0.15, -0.1) is 0 Å². The minimum atomic E-state index is -0.252. The Bertz CT molecular complexity index is 433. The summed E-state index contributed by atoms with van der Waals surface area (Å²) in [5.41, 5.74) is 0.795. The molecule has 0 radical (unpaired) electrons. The van der Waals surface area contributed by atoms with Gasteiger partial charge in [-0.3, -0.25) is 4.79 Å². The van der Waals surface area contributed by atoms with Crippen LogP contribution >= 0.6 is 0 Å². The number of methoxy groups -OCH3 is 1. The standard InChI is InChI=1S/C14H18O3/c1-4-17-12-6-5-11(9-13(12)16-3)14(7-8-14)10(2)15/h5-6,9H,4,7-8H2,1-3H3. The number of benzene rings is 1. The molecule has 1 fully saturated rings. The molecule has 1 aromatic carbocycles. The van der Waals surface area contributed by atoms with Gasteiger partial charge in [-0.1, -0.05) is 6.07 Å². The molecule has 1 saturated carbocycles. The number of hydrogen-bond acceptors (Lipinski definition) is 3. The van der Waals surface area contributed by atoms with Crippen molar-refractivity contribution >= 4 is 5.78 Å². The van der Waals surface area contributed by atoms with Crippen LogP contribution in [0.25, 0.3) is 0 Å². The van der Waals surface area contributed by atoms with Gasteiger partial charge in [0.05, 0.1) is 19.1 Å². The van der Waals surface area contributed by atoms with E-state index in [0.29, 0.717) is 12.4 Å². The van der Waals surface area contributed by atoms with E-state index in [0.717, 1.165) is 24.2 Å².